The van der Waals surface area contributed by atoms with E-state index >= 15 is 0 Å². The maximum absolute atomic E-state index is 11.1. The van der Waals surface area contributed by atoms with E-state index in [2.05, 4.69) is 24.4 Å². The highest BCUT2D eigenvalue weighted by Gasteiger charge is 2.18. The molecule has 110 valence electrons. The standard InChI is InChI=1S/C17H20N2O2/c1-2-12-18-16(14-8-4-3-5-9-14)13-15-10-6-7-11-17(15)19(20)21/h3-11,16,18H,2,12-13H2,1H3. The first kappa shape index (κ1) is 15.2. The summed E-state index contributed by atoms with van der Waals surface area (Å²) in [5.41, 5.74) is 2.11. The van der Waals surface area contributed by atoms with E-state index in [1.54, 1.807) is 12.1 Å². The Kier molecular flexibility index (Phi) is 5.46. The van der Waals surface area contributed by atoms with Crippen LogP contribution in [0.25, 0.3) is 0 Å². The summed E-state index contributed by atoms with van der Waals surface area (Å²) in [6.45, 7) is 3.00. The van der Waals surface area contributed by atoms with Crippen LogP contribution in [0.2, 0.25) is 0 Å². The number of nitro groups is 1. The summed E-state index contributed by atoms with van der Waals surface area (Å²) >= 11 is 0. The van der Waals surface area contributed by atoms with Crippen molar-refractivity contribution in [3.8, 4) is 0 Å². The number of hydrogen-bond donors (Lipinski definition) is 1. The number of benzene rings is 2. The molecule has 0 heterocycles. The number of nitro benzene ring substituents is 1. The molecule has 1 unspecified atom stereocenters. The molecule has 0 bridgehead atoms. The zero-order valence-electron chi connectivity index (χ0n) is 12.2. The van der Waals surface area contributed by atoms with Gasteiger partial charge in [0.15, 0.2) is 0 Å². The second-order valence-electron chi connectivity index (χ2n) is 5.01. The van der Waals surface area contributed by atoms with Crippen molar-refractivity contribution in [2.24, 2.45) is 0 Å². The molecule has 0 aromatic heterocycles. The van der Waals surface area contributed by atoms with Crippen LogP contribution in [0.3, 0.4) is 0 Å². The van der Waals surface area contributed by atoms with Gasteiger partial charge in [-0.3, -0.25) is 10.1 Å². The normalized spacial score (nSPS) is 12.0. The molecule has 2 rings (SSSR count). The van der Waals surface area contributed by atoms with E-state index in [0.29, 0.717) is 6.42 Å². The Bertz CT molecular complexity index is 584. The summed E-state index contributed by atoms with van der Waals surface area (Å²) in [5, 5.41) is 14.6. The summed E-state index contributed by atoms with van der Waals surface area (Å²) in [6, 6.07) is 17.1. The second-order valence-corrected chi connectivity index (χ2v) is 5.01. The molecule has 0 radical (unpaired) electrons. The lowest BCUT2D eigenvalue weighted by Crippen LogP contribution is -2.24. The van der Waals surface area contributed by atoms with Crippen LogP contribution in [0.15, 0.2) is 54.6 Å². The molecule has 0 amide bonds. The number of hydrogen-bond acceptors (Lipinski definition) is 3. The van der Waals surface area contributed by atoms with E-state index in [1.807, 2.05) is 30.3 Å². The molecule has 4 nitrogen and oxygen atoms in total. The third kappa shape index (κ3) is 4.13. The SMILES string of the molecule is CCCNC(Cc1ccccc1[N+](=O)[O-])c1ccccc1. The minimum atomic E-state index is -0.308. The van der Waals surface area contributed by atoms with Crippen LogP contribution in [0.4, 0.5) is 5.69 Å². The predicted molar refractivity (Wildman–Crippen MR) is 84.3 cm³/mol. The number of nitrogens with one attached hydrogen (secondary N) is 1. The largest absolute Gasteiger partial charge is 0.310 e. The molecule has 0 fully saturated rings. The zero-order chi connectivity index (χ0) is 15.1. The lowest BCUT2D eigenvalue weighted by Gasteiger charge is -2.19. The molecule has 2 aromatic carbocycles. The summed E-state index contributed by atoms with van der Waals surface area (Å²) in [6.07, 6.45) is 1.64. The van der Waals surface area contributed by atoms with Crippen molar-refractivity contribution in [1.29, 1.82) is 0 Å². The molecule has 0 aliphatic rings. The van der Waals surface area contributed by atoms with E-state index in [4.69, 9.17) is 0 Å². The molecule has 2 aromatic rings. The van der Waals surface area contributed by atoms with Gasteiger partial charge in [0.05, 0.1) is 4.92 Å². The van der Waals surface area contributed by atoms with Gasteiger partial charge in [0, 0.05) is 17.7 Å². The fourth-order valence-corrected chi connectivity index (χ4v) is 2.39. The van der Waals surface area contributed by atoms with Gasteiger partial charge in [0.2, 0.25) is 0 Å². The summed E-state index contributed by atoms with van der Waals surface area (Å²) in [5.74, 6) is 0. The van der Waals surface area contributed by atoms with Crippen molar-refractivity contribution in [2.75, 3.05) is 6.54 Å². The van der Waals surface area contributed by atoms with Gasteiger partial charge in [0.25, 0.3) is 5.69 Å². The van der Waals surface area contributed by atoms with Gasteiger partial charge in [-0.05, 0) is 24.9 Å². The quantitative estimate of drug-likeness (QED) is 0.620. The first-order valence-corrected chi connectivity index (χ1v) is 7.23. The maximum atomic E-state index is 11.1. The topological polar surface area (TPSA) is 55.2 Å². The highest BCUT2D eigenvalue weighted by Crippen LogP contribution is 2.24. The molecule has 0 aliphatic carbocycles. The lowest BCUT2D eigenvalue weighted by molar-refractivity contribution is -0.385. The van der Waals surface area contributed by atoms with Crippen molar-refractivity contribution in [3.05, 3.63) is 75.8 Å². The molecular formula is C17H20N2O2. The van der Waals surface area contributed by atoms with Crippen molar-refractivity contribution in [3.63, 3.8) is 0 Å². The second kappa shape index (κ2) is 7.55. The highest BCUT2D eigenvalue weighted by molar-refractivity contribution is 5.41. The average Bonchev–Trinajstić information content (AvgIpc) is 2.52. The van der Waals surface area contributed by atoms with Crippen LogP contribution in [-0.4, -0.2) is 11.5 Å². The summed E-state index contributed by atoms with van der Waals surface area (Å²) < 4.78 is 0. The fraction of sp³-hybridized carbons (Fsp3) is 0.294. The molecule has 4 heteroatoms. The van der Waals surface area contributed by atoms with Crippen LogP contribution >= 0.6 is 0 Å². The monoisotopic (exact) mass is 284 g/mol. The Balaban J connectivity index is 2.25. The smallest absolute Gasteiger partial charge is 0.272 e. The Morgan fingerprint density at radius 2 is 1.76 bits per heavy atom. The fourth-order valence-electron chi connectivity index (χ4n) is 2.39. The van der Waals surface area contributed by atoms with Crippen molar-refractivity contribution in [1.82, 2.24) is 5.32 Å². The van der Waals surface area contributed by atoms with Gasteiger partial charge in [-0.15, -0.1) is 0 Å². The molecule has 0 spiro atoms. The first-order valence-electron chi connectivity index (χ1n) is 7.23. The van der Waals surface area contributed by atoms with Crippen molar-refractivity contribution >= 4 is 5.69 Å². The lowest BCUT2D eigenvalue weighted by atomic mass is 9.97. The van der Waals surface area contributed by atoms with Gasteiger partial charge in [-0.25, -0.2) is 0 Å². The van der Waals surface area contributed by atoms with Crippen LogP contribution in [0.5, 0.6) is 0 Å². The first-order chi connectivity index (χ1) is 10.2. The van der Waals surface area contributed by atoms with Crippen molar-refractivity contribution in [2.45, 2.75) is 25.8 Å². The van der Waals surface area contributed by atoms with E-state index in [0.717, 1.165) is 24.1 Å². The van der Waals surface area contributed by atoms with Gasteiger partial charge in [-0.1, -0.05) is 55.5 Å². The van der Waals surface area contributed by atoms with Gasteiger partial charge < -0.3 is 5.32 Å². The van der Waals surface area contributed by atoms with Gasteiger partial charge in [-0.2, -0.15) is 0 Å². The molecular weight excluding hydrogens is 264 g/mol. The van der Waals surface area contributed by atoms with Crippen LogP contribution in [0, 0.1) is 10.1 Å². The Labute approximate surface area is 125 Å². The molecule has 1 atom stereocenters. The third-order valence-electron chi connectivity index (χ3n) is 3.46. The van der Waals surface area contributed by atoms with Crippen LogP contribution < -0.4 is 5.32 Å². The van der Waals surface area contributed by atoms with E-state index < -0.39 is 0 Å². The zero-order valence-corrected chi connectivity index (χ0v) is 12.2. The molecule has 0 saturated heterocycles. The van der Waals surface area contributed by atoms with Crippen LogP contribution in [-0.2, 0) is 6.42 Å². The van der Waals surface area contributed by atoms with Crippen LogP contribution in [0.1, 0.15) is 30.5 Å². The van der Waals surface area contributed by atoms with Crippen molar-refractivity contribution < 1.29 is 4.92 Å². The molecule has 0 aliphatic heterocycles. The molecule has 0 saturated carbocycles. The average molecular weight is 284 g/mol. The summed E-state index contributed by atoms with van der Waals surface area (Å²) in [4.78, 5) is 10.8. The Morgan fingerprint density at radius 3 is 2.43 bits per heavy atom. The minimum Gasteiger partial charge on any atom is -0.310 e. The van der Waals surface area contributed by atoms with E-state index in [1.165, 1.54) is 0 Å². The highest BCUT2D eigenvalue weighted by atomic mass is 16.6. The Morgan fingerprint density at radius 1 is 1.10 bits per heavy atom. The summed E-state index contributed by atoms with van der Waals surface area (Å²) in [7, 11) is 0. The number of nitrogens with zero attached hydrogens (tertiary/aromatic N) is 1. The van der Waals surface area contributed by atoms with E-state index in [9.17, 15) is 10.1 Å². The van der Waals surface area contributed by atoms with E-state index in [-0.39, 0.29) is 16.7 Å². The third-order valence-corrected chi connectivity index (χ3v) is 3.46. The maximum Gasteiger partial charge on any atom is 0.272 e. The Hall–Kier alpha value is -2.20. The number of rotatable bonds is 7. The molecule has 1 N–H and O–H groups in total. The number of para-hydroxylation sites is 1. The predicted octanol–water partition coefficient (Wildman–Crippen LogP) is 3.88. The van der Waals surface area contributed by atoms with Gasteiger partial charge in [0.1, 0.15) is 0 Å². The van der Waals surface area contributed by atoms with Gasteiger partial charge >= 0.3 is 0 Å². The minimum absolute atomic E-state index is 0.0900. The molecule has 21 heavy (non-hydrogen) atoms.